The number of carbonyl (C=O) groups excluding carboxylic acids is 3. The zero-order chi connectivity index (χ0) is 19.4. The second-order valence-electron chi connectivity index (χ2n) is 7.22. The Morgan fingerprint density at radius 2 is 1.89 bits per heavy atom. The Kier molecular flexibility index (Phi) is 6.03. The Bertz CT molecular complexity index is 730. The smallest absolute Gasteiger partial charge is 0.257 e. The average Bonchev–Trinajstić information content (AvgIpc) is 3.16. The molecule has 1 atom stereocenters. The van der Waals surface area contributed by atoms with Gasteiger partial charge in [0.2, 0.25) is 11.8 Å². The van der Waals surface area contributed by atoms with Gasteiger partial charge in [0, 0.05) is 32.8 Å². The SMILES string of the molecule is CC(=O)NCC(=O)N1CCC[C@@H]1c1nc(C)ncc1C(=O)N1CCCCC1. The van der Waals surface area contributed by atoms with Crippen molar-refractivity contribution in [3.8, 4) is 0 Å². The molecule has 1 aromatic heterocycles. The summed E-state index contributed by atoms with van der Waals surface area (Å²) >= 11 is 0. The molecule has 0 aliphatic carbocycles. The van der Waals surface area contributed by atoms with Crippen LogP contribution in [-0.4, -0.2) is 63.7 Å². The highest BCUT2D eigenvalue weighted by atomic mass is 16.2. The molecule has 2 saturated heterocycles. The average molecular weight is 373 g/mol. The van der Waals surface area contributed by atoms with Crippen LogP contribution in [0.4, 0.5) is 0 Å². The minimum atomic E-state index is -0.253. The predicted octanol–water partition coefficient (Wildman–Crippen LogP) is 1.21. The maximum absolute atomic E-state index is 13.1. The molecule has 8 heteroatoms. The Balaban J connectivity index is 1.85. The fraction of sp³-hybridized carbons (Fsp3) is 0.632. The van der Waals surface area contributed by atoms with Crippen molar-refractivity contribution in [2.24, 2.45) is 0 Å². The standard InChI is InChI=1S/C19H27N5O3/c1-13-20-11-15(19(27)23-8-4-3-5-9-23)18(22-13)16-7-6-10-24(16)17(26)12-21-14(2)25/h11,16H,3-10,12H2,1-2H3,(H,21,25)/t16-/m1/s1. The van der Waals surface area contributed by atoms with Crippen LogP contribution >= 0.6 is 0 Å². The lowest BCUT2D eigenvalue weighted by Crippen LogP contribution is -2.41. The Morgan fingerprint density at radius 1 is 1.15 bits per heavy atom. The first-order valence-corrected chi connectivity index (χ1v) is 9.64. The normalized spacial score (nSPS) is 19.9. The summed E-state index contributed by atoms with van der Waals surface area (Å²) < 4.78 is 0. The molecule has 0 saturated carbocycles. The molecule has 1 N–H and O–H groups in total. The van der Waals surface area contributed by atoms with Crippen LogP contribution in [0.3, 0.4) is 0 Å². The van der Waals surface area contributed by atoms with E-state index in [1.54, 1.807) is 18.0 Å². The number of carbonyl (C=O) groups is 3. The third-order valence-corrected chi connectivity index (χ3v) is 5.19. The van der Waals surface area contributed by atoms with Crippen molar-refractivity contribution in [1.82, 2.24) is 25.1 Å². The van der Waals surface area contributed by atoms with Gasteiger partial charge in [-0.3, -0.25) is 14.4 Å². The van der Waals surface area contributed by atoms with Gasteiger partial charge in [0.05, 0.1) is 23.8 Å². The van der Waals surface area contributed by atoms with E-state index in [9.17, 15) is 14.4 Å². The molecule has 0 bridgehead atoms. The van der Waals surface area contributed by atoms with E-state index >= 15 is 0 Å². The minimum Gasteiger partial charge on any atom is -0.347 e. The Labute approximate surface area is 159 Å². The molecule has 3 heterocycles. The van der Waals surface area contributed by atoms with Gasteiger partial charge in [-0.25, -0.2) is 9.97 Å². The summed E-state index contributed by atoms with van der Waals surface area (Å²) in [6, 6.07) is -0.253. The molecule has 3 rings (SSSR count). The number of aryl methyl sites for hydroxylation is 1. The molecule has 0 radical (unpaired) electrons. The largest absolute Gasteiger partial charge is 0.347 e. The number of likely N-dealkylation sites (tertiary alicyclic amines) is 2. The second-order valence-corrected chi connectivity index (χ2v) is 7.22. The van der Waals surface area contributed by atoms with Crippen molar-refractivity contribution in [3.63, 3.8) is 0 Å². The molecule has 0 unspecified atom stereocenters. The van der Waals surface area contributed by atoms with Crippen LogP contribution in [0.5, 0.6) is 0 Å². The van der Waals surface area contributed by atoms with Gasteiger partial charge in [0.15, 0.2) is 0 Å². The fourth-order valence-corrected chi connectivity index (χ4v) is 3.82. The summed E-state index contributed by atoms with van der Waals surface area (Å²) in [5.41, 5.74) is 1.12. The summed E-state index contributed by atoms with van der Waals surface area (Å²) in [5, 5.41) is 2.56. The molecule has 3 amide bonds. The Hall–Kier alpha value is -2.51. The lowest BCUT2D eigenvalue weighted by atomic mass is 10.0. The van der Waals surface area contributed by atoms with Crippen LogP contribution in [0.2, 0.25) is 0 Å². The number of hydrogen-bond donors (Lipinski definition) is 1. The van der Waals surface area contributed by atoms with E-state index in [1.807, 2.05) is 4.90 Å². The topological polar surface area (TPSA) is 95.5 Å². The lowest BCUT2D eigenvalue weighted by Gasteiger charge is -2.29. The predicted molar refractivity (Wildman–Crippen MR) is 98.9 cm³/mol. The molecule has 2 fully saturated rings. The highest BCUT2D eigenvalue weighted by Crippen LogP contribution is 2.33. The summed E-state index contributed by atoms with van der Waals surface area (Å²) in [5.74, 6) is 0.144. The van der Waals surface area contributed by atoms with Crippen LogP contribution < -0.4 is 5.32 Å². The monoisotopic (exact) mass is 373 g/mol. The van der Waals surface area contributed by atoms with Crippen molar-refractivity contribution in [2.45, 2.75) is 52.0 Å². The third-order valence-electron chi connectivity index (χ3n) is 5.19. The summed E-state index contributed by atoms with van der Waals surface area (Å²) in [4.78, 5) is 49.1. The first-order valence-electron chi connectivity index (χ1n) is 9.64. The molecule has 0 spiro atoms. The highest BCUT2D eigenvalue weighted by Gasteiger charge is 2.35. The van der Waals surface area contributed by atoms with Crippen molar-refractivity contribution in [2.75, 3.05) is 26.2 Å². The maximum Gasteiger partial charge on any atom is 0.257 e. The number of amides is 3. The first kappa shape index (κ1) is 19.3. The number of nitrogens with zero attached hydrogens (tertiary/aromatic N) is 4. The van der Waals surface area contributed by atoms with E-state index in [2.05, 4.69) is 15.3 Å². The van der Waals surface area contributed by atoms with Gasteiger partial charge in [0.1, 0.15) is 5.82 Å². The van der Waals surface area contributed by atoms with Crippen LogP contribution in [0, 0.1) is 6.92 Å². The molecule has 8 nitrogen and oxygen atoms in total. The molecule has 1 aromatic rings. The molecule has 146 valence electrons. The highest BCUT2D eigenvalue weighted by molar-refractivity contribution is 5.95. The fourth-order valence-electron chi connectivity index (χ4n) is 3.82. The first-order chi connectivity index (χ1) is 13.0. The number of piperidine rings is 1. The zero-order valence-electron chi connectivity index (χ0n) is 16.0. The van der Waals surface area contributed by atoms with Gasteiger partial charge in [-0.1, -0.05) is 0 Å². The molecule has 0 aromatic carbocycles. The van der Waals surface area contributed by atoms with E-state index in [-0.39, 0.29) is 30.3 Å². The maximum atomic E-state index is 13.1. The summed E-state index contributed by atoms with van der Waals surface area (Å²) in [6.07, 6.45) is 6.37. The second kappa shape index (κ2) is 8.45. The van der Waals surface area contributed by atoms with Gasteiger partial charge in [-0.15, -0.1) is 0 Å². The number of aromatic nitrogens is 2. The van der Waals surface area contributed by atoms with Gasteiger partial charge in [0.25, 0.3) is 5.91 Å². The van der Waals surface area contributed by atoms with Crippen LogP contribution in [0.15, 0.2) is 6.20 Å². The zero-order valence-corrected chi connectivity index (χ0v) is 16.0. The summed E-state index contributed by atoms with van der Waals surface area (Å²) in [6.45, 7) is 5.24. The summed E-state index contributed by atoms with van der Waals surface area (Å²) in [7, 11) is 0. The number of nitrogens with one attached hydrogen (secondary N) is 1. The van der Waals surface area contributed by atoms with E-state index in [1.165, 1.54) is 6.92 Å². The molecular weight excluding hydrogens is 346 g/mol. The molecule has 2 aliphatic heterocycles. The van der Waals surface area contributed by atoms with E-state index in [4.69, 9.17) is 0 Å². The van der Waals surface area contributed by atoms with E-state index < -0.39 is 0 Å². The number of hydrogen-bond acceptors (Lipinski definition) is 5. The third kappa shape index (κ3) is 4.43. The molecular formula is C19H27N5O3. The van der Waals surface area contributed by atoms with Crippen molar-refractivity contribution >= 4 is 17.7 Å². The van der Waals surface area contributed by atoms with Crippen molar-refractivity contribution in [1.29, 1.82) is 0 Å². The van der Waals surface area contributed by atoms with Crippen molar-refractivity contribution in [3.05, 3.63) is 23.3 Å². The van der Waals surface area contributed by atoms with Crippen LogP contribution in [0.1, 0.15) is 66.9 Å². The minimum absolute atomic E-state index is 0.0364. The number of rotatable bonds is 4. The molecule has 2 aliphatic rings. The van der Waals surface area contributed by atoms with Gasteiger partial charge in [-0.05, 0) is 39.0 Å². The van der Waals surface area contributed by atoms with Crippen molar-refractivity contribution < 1.29 is 14.4 Å². The van der Waals surface area contributed by atoms with Crippen LogP contribution in [-0.2, 0) is 9.59 Å². The van der Waals surface area contributed by atoms with Gasteiger partial charge >= 0.3 is 0 Å². The van der Waals surface area contributed by atoms with Gasteiger partial charge < -0.3 is 15.1 Å². The molecule has 27 heavy (non-hydrogen) atoms. The quantitative estimate of drug-likeness (QED) is 0.856. The van der Waals surface area contributed by atoms with E-state index in [0.717, 1.165) is 45.2 Å². The van der Waals surface area contributed by atoms with Gasteiger partial charge in [-0.2, -0.15) is 0 Å². The van der Waals surface area contributed by atoms with Crippen LogP contribution in [0.25, 0.3) is 0 Å². The Morgan fingerprint density at radius 3 is 2.59 bits per heavy atom. The lowest BCUT2D eigenvalue weighted by molar-refractivity contribution is -0.133. The van der Waals surface area contributed by atoms with E-state index in [0.29, 0.717) is 23.6 Å².